The summed E-state index contributed by atoms with van der Waals surface area (Å²) >= 11 is 0. The van der Waals surface area contributed by atoms with Gasteiger partial charge in [-0.25, -0.2) is 22.2 Å². The normalized spacial score (nSPS) is 21.0. The quantitative estimate of drug-likeness (QED) is 0.175. The third kappa shape index (κ3) is 7.82. The number of nitrogens with one attached hydrogen (secondary N) is 4. The highest BCUT2D eigenvalue weighted by Gasteiger charge is 2.45. The van der Waals surface area contributed by atoms with Crippen molar-refractivity contribution in [1.29, 1.82) is 0 Å². The van der Waals surface area contributed by atoms with Gasteiger partial charge >= 0.3 is 10.2 Å². The van der Waals surface area contributed by atoms with Gasteiger partial charge in [-0.2, -0.15) is 8.42 Å². The first-order chi connectivity index (χ1) is 25.8. The lowest BCUT2D eigenvalue weighted by Gasteiger charge is -2.38. The van der Waals surface area contributed by atoms with E-state index in [2.05, 4.69) is 16.0 Å². The lowest BCUT2D eigenvalue weighted by atomic mass is 9.86. The topological polar surface area (TPSA) is 166 Å². The van der Waals surface area contributed by atoms with Crippen molar-refractivity contribution >= 4 is 61.7 Å². The van der Waals surface area contributed by atoms with Gasteiger partial charge < -0.3 is 15.4 Å². The molecule has 0 aliphatic carbocycles. The smallest absolute Gasteiger partial charge is 0.326 e. The molecule has 0 saturated carbocycles. The number of alkyl halides is 2. The van der Waals surface area contributed by atoms with E-state index in [1.165, 1.54) is 29.2 Å². The number of ether oxygens (including phenoxy) is 1. The molecule has 0 radical (unpaired) electrons. The molecule has 4 amide bonds. The fraction of sp³-hybridized carbons (Fsp3) is 0.297. The maximum absolute atomic E-state index is 16.1. The maximum Gasteiger partial charge on any atom is 0.326 e. The second kappa shape index (κ2) is 14.6. The van der Waals surface area contributed by atoms with E-state index in [9.17, 15) is 27.6 Å². The van der Waals surface area contributed by atoms with Gasteiger partial charge in [0.1, 0.15) is 30.6 Å². The lowest BCUT2D eigenvalue weighted by molar-refractivity contribution is -0.133. The average Bonchev–Trinajstić information content (AvgIpc) is 3.39. The van der Waals surface area contributed by atoms with Crippen LogP contribution in [-0.2, 0) is 36.0 Å². The number of fused-ring (bicyclic) bond motifs is 1. The molecule has 2 atom stereocenters. The molecule has 13 nitrogen and oxygen atoms in total. The lowest BCUT2D eigenvalue weighted by Crippen LogP contribution is -2.49. The van der Waals surface area contributed by atoms with Crippen LogP contribution in [0, 0.1) is 5.82 Å². The minimum atomic E-state index is -4.39. The Balaban J connectivity index is 1.02. The number of carbonyl (C=O) groups is 4. The highest BCUT2D eigenvalue weighted by molar-refractivity contribution is 7.92. The first kappa shape index (κ1) is 36.7. The van der Waals surface area contributed by atoms with Gasteiger partial charge in [0.25, 0.3) is 11.8 Å². The van der Waals surface area contributed by atoms with Crippen LogP contribution in [-0.4, -0.2) is 75.1 Å². The van der Waals surface area contributed by atoms with Gasteiger partial charge in [0, 0.05) is 23.2 Å². The molecule has 4 aromatic rings. The molecule has 0 aromatic heterocycles. The number of likely N-dealkylation sites (tertiary alicyclic amines) is 1. The van der Waals surface area contributed by atoms with Crippen molar-refractivity contribution in [1.82, 2.24) is 14.9 Å². The van der Waals surface area contributed by atoms with E-state index in [4.69, 9.17) is 4.74 Å². The van der Waals surface area contributed by atoms with E-state index in [1.807, 2.05) is 4.72 Å². The summed E-state index contributed by atoms with van der Waals surface area (Å²) in [7, 11) is -4.39. The molecule has 0 bridgehead atoms. The van der Waals surface area contributed by atoms with Crippen LogP contribution in [0.4, 0.5) is 30.2 Å². The van der Waals surface area contributed by atoms with E-state index in [0.717, 1.165) is 5.56 Å². The molecule has 282 valence electrons. The van der Waals surface area contributed by atoms with Gasteiger partial charge in [0.2, 0.25) is 17.7 Å². The van der Waals surface area contributed by atoms with Gasteiger partial charge in [0.05, 0.1) is 19.0 Å². The largest absolute Gasteiger partial charge is 0.487 e. The van der Waals surface area contributed by atoms with Crippen molar-refractivity contribution in [2.75, 3.05) is 41.1 Å². The number of carbonyl (C=O) groups excluding carboxylic acids is 4. The number of rotatable bonds is 10. The molecule has 0 spiro atoms. The van der Waals surface area contributed by atoms with Gasteiger partial charge in [0.15, 0.2) is 5.82 Å². The predicted octanol–water partition coefficient (Wildman–Crippen LogP) is 4.02. The summed E-state index contributed by atoms with van der Waals surface area (Å²) in [6, 6.07) is 20.3. The second-order valence-electron chi connectivity index (χ2n) is 13.4. The third-order valence-electron chi connectivity index (χ3n) is 9.54. The minimum absolute atomic E-state index is 0.00823. The van der Waals surface area contributed by atoms with Crippen LogP contribution in [0.1, 0.15) is 36.3 Å². The summed E-state index contributed by atoms with van der Waals surface area (Å²) in [5, 5.41) is 8.22. The Morgan fingerprint density at radius 3 is 2.37 bits per heavy atom. The van der Waals surface area contributed by atoms with E-state index in [0.29, 0.717) is 22.0 Å². The van der Waals surface area contributed by atoms with E-state index >= 15 is 13.2 Å². The molecule has 3 fully saturated rings. The van der Waals surface area contributed by atoms with E-state index < -0.39 is 70.4 Å². The number of nitrogens with zero attached hydrogens (tertiary/aromatic N) is 2. The summed E-state index contributed by atoms with van der Waals surface area (Å²) < 4.78 is 80.9. The van der Waals surface area contributed by atoms with Crippen LogP contribution in [0.15, 0.2) is 78.9 Å². The molecule has 7 rings (SSSR count). The maximum atomic E-state index is 16.1. The number of piperidine rings is 2. The molecule has 2 unspecified atom stereocenters. The predicted molar refractivity (Wildman–Crippen MR) is 193 cm³/mol. The standard InChI is InChI=1S/C37H35F3N6O7S/c38-34-27-11-10-26(16-24(27)17-30(53-20-22-4-2-1-3-5-22)35(34)46-19-33(49)44-54(46,51)52)42-32(48)18-45-15-14-28(37(39,40)21-45)23-6-8-25(9-7-23)41-29-12-13-31(47)43-36(29)50/h1-11,16-17,28-29,41H,12-15,18-21H2,(H,42,48)(H,44,49)(H,43,47,50). The van der Waals surface area contributed by atoms with Crippen molar-refractivity contribution < 1.29 is 45.5 Å². The molecule has 3 aliphatic heterocycles. The molecule has 3 saturated heterocycles. The number of hydrogen-bond acceptors (Lipinski definition) is 9. The van der Waals surface area contributed by atoms with Gasteiger partial charge in [-0.3, -0.25) is 29.4 Å². The Morgan fingerprint density at radius 2 is 1.69 bits per heavy atom. The summed E-state index contributed by atoms with van der Waals surface area (Å²) in [5.74, 6) is -7.54. The number of imide groups is 1. The molecule has 3 aliphatic rings. The summed E-state index contributed by atoms with van der Waals surface area (Å²) in [5.41, 5.74) is 1.49. The molecule has 4 N–H and O–H groups in total. The van der Waals surface area contributed by atoms with Gasteiger partial charge in [-0.1, -0.05) is 42.5 Å². The number of anilines is 3. The fourth-order valence-corrected chi connectivity index (χ4v) is 8.09. The Bertz CT molecular complexity index is 2240. The Kier molecular flexibility index (Phi) is 9.93. The molecular weight excluding hydrogens is 730 g/mol. The van der Waals surface area contributed by atoms with Crippen molar-refractivity contribution in [2.45, 2.75) is 43.8 Å². The average molecular weight is 765 g/mol. The van der Waals surface area contributed by atoms with Crippen LogP contribution < -0.4 is 29.7 Å². The molecule has 4 aromatic carbocycles. The molecule has 3 heterocycles. The third-order valence-corrected chi connectivity index (χ3v) is 10.9. The van der Waals surface area contributed by atoms with Crippen molar-refractivity contribution in [3.63, 3.8) is 0 Å². The molecule has 17 heteroatoms. The first-order valence-electron chi connectivity index (χ1n) is 17.1. The Hall–Kier alpha value is -5.68. The van der Waals surface area contributed by atoms with Crippen LogP contribution in [0.25, 0.3) is 10.8 Å². The van der Waals surface area contributed by atoms with Crippen LogP contribution >= 0.6 is 0 Å². The second-order valence-corrected chi connectivity index (χ2v) is 15.0. The van der Waals surface area contributed by atoms with E-state index in [-0.39, 0.29) is 60.7 Å². The van der Waals surface area contributed by atoms with Crippen LogP contribution in [0.2, 0.25) is 0 Å². The van der Waals surface area contributed by atoms with Crippen molar-refractivity contribution in [3.05, 3.63) is 95.8 Å². The van der Waals surface area contributed by atoms with E-state index in [1.54, 1.807) is 54.6 Å². The highest BCUT2D eigenvalue weighted by atomic mass is 32.2. The number of halogens is 3. The molecule has 54 heavy (non-hydrogen) atoms. The highest BCUT2D eigenvalue weighted by Crippen LogP contribution is 2.42. The van der Waals surface area contributed by atoms with Crippen LogP contribution in [0.3, 0.4) is 0 Å². The zero-order valence-electron chi connectivity index (χ0n) is 28.6. The Morgan fingerprint density at radius 1 is 0.944 bits per heavy atom. The molecular formula is C37H35F3N6O7S. The van der Waals surface area contributed by atoms with Crippen molar-refractivity contribution in [2.24, 2.45) is 0 Å². The zero-order chi connectivity index (χ0) is 38.2. The summed E-state index contributed by atoms with van der Waals surface area (Å²) in [6.45, 7) is -1.46. The van der Waals surface area contributed by atoms with Gasteiger partial charge in [-0.05, 0) is 72.3 Å². The number of benzene rings is 4. The fourth-order valence-electron chi connectivity index (χ4n) is 6.93. The zero-order valence-corrected chi connectivity index (χ0v) is 29.4. The Labute approximate surface area is 308 Å². The number of amides is 4. The monoisotopic (exact) mass is 764 g/mol. The SMILES string of the molecule is O=C1CCC(Nc2ccc(C3CCN(CC(=O)Nc4ccc5c(F)c(N6CC(=O)NS6(=O)=O)c(OCc6ccccc6)cc5c4)CC3(F)F)cc2)C(=O)N1. The summed E-state index contributed by atoms with van der Waals surface area (Å²) in [4.78, 5) is 49.9. The van der Waals surface area contributed by atoms with Gasteiger partial charge in [-0.15, -0.1) is 0 Å². The van der Waals surface area contributed by atoms with Crippen molar-refractivity contribution in [3.8, 4) is 5.75 Å². The first-order valence-corrected chi connectivity index (χ1v) is 18.6. The summed E-state index contributed by atoms with van der Waals surface area (Å²) in [6.07, 6.45) is 0.617. The number of hydrogen-bond donors (Lipinski definition) is 4. The minimum Gasteiger partial charge on any atom is -0.487 e. The van der Waals surface area contributed by atoms with Crippen LogP contribution in [0.5, 0.6) is 5.75 Å².